The molecule has 3 aromatic carbocycles. The zero-order valence-corrected chi connectivity index (χ0v) is 14.4. The molecule has 0 radical (unpaired) electrons. The SMILES string of the molecule is O=[N+]([O-])c1ccc(N2CN(c3ccccc3)N=C(c3ccccc3)N2)cc1. The van der Waals surface area contributed by atoms with E-state index in [9.17, 15) is 10.1 Å². The van der Waals surface area contributed by atoms with Gasteiger partial charge in [-0.05, 0) is 24.3 Å². The molecule has 0 atom stereocenters. The molecule has 1 N–H and O–H groups in total. The fourth-order valence-corrected chi connectivity index (χ4v) is 2.83. The zero-order valence-electron chi connectivity index (χ0n) is 14.4. The van der Waals surface area contributed by atoms with Crippen LogP contribution in [0.4, 0.5) is 17.1 Å². The molecule has 4 rings (SSSR count). The molecule has 1 heterocycles. The first-order valence-corrected chi connectivity index (χ1v) is 8.46. The average Bonchev–Trinajstić information content (AvgIpc) is 2.75. The van der Waals surface area contributed by atoms with E-state index in [4.69, 9.17) is 5.10 Å². The van der Waals surface area contributed by atoms with Crippen LogP contribution in [0.1, 0.15) is 5.56 Å². The summed E-state index contributed by atoms with van der Waals surface area (Å²) in [6, 6.07) is 26.1. The maximum atomic E-state index is 10.9. The summed E-state index contributed by atoms with van der Waals surface area (Å²) in [7, 11) is 0. The van der Waals surface area contributed by atoms with E-state index in [1.165, 1.54) is 12.1 Å². The van der Waals surface area contributed by atoms with Crippen LogP contribution in [0, 0.1) is 10.1 Å². The summed E-state index contributed by atoms with van der Waals surface area (Å²) < 4.78 is 0. The van der Waals surface area contributed by atoms with E-state index in [1.807, 2.05) is 70.7 Å². The van der Waals surface area contributed by atoms with E-state index in [2.05, 4.69) is 5.43 Å². The van der Waals surface area contributed by atoms with Crippen molar-refractivity contribution in [1.29, 1.82) is 0 Å². The van der Waals surface area contributed by atoms with Gasteiger partial charge >= 0.3 is 0 Å². The summed E-state index contributed by atoms with van der Waals surface area (Å²) in [5.41, 5.74) is 6.09. The highest BCUT2D eigenvalue weighted by molar-refractivity contribution is 6.00. The quantitative estimate of drug-likeness (QED) is 0.567. The topological polar surface area (TPSA) is 74.0 Å². The van der Waals surface area contributed by atoms with Gasteiger partial charge in [-0.25, -0.2) is 5.01 Å². The molecule has 1 aliphatic heterocycles. The Morgan fingerprint density at radius 2 is 1.48 bits per heavy atom. The van der Waals surface area contributed by atoms with Gasteiger partial charge in [0.15, 0.2) is 5.84 Å². The fraction of sp³-hybridized carbons (Fsp3) is 0.0500. The van der Waals surface area contributed by atoms with Crippen molar-refractivity contribution in [3.05, 3.63) is 101 Å². The van der Waals surface area contributed by atoms with Crippen molar-refractivity contribution in [3.63, 3.8) is 0 Å². The highest BCUT2D eigenvalue weighted by Crippen LogP contribution is 2.23. The van der Waals surface area contributed by atoms with Crippen molar-refractivity contribution < 1.29 is 4.92 Å². The number of para-hydroxylation sites is 1. The molecule has 134 valence electrons. The van der Waals surface area contributed by atoms with Crippen LogP contribution in [0.3, 0.4) is 0 Å². The zero-order chi connectivity index (χ0) is 18.6. The second-order valence-electron chi connectivity index (χ2n) is 6.00. The predicted molar refractivity (Wildman–Crippen MR) is 105 cm³/mol. The lowest BCUT2D eigenvalue weighted by Gasteiger charge is -2.36. The third-order valence-electron chi connectivity index (χ3n) is 4.21. The molecule has 7 heteroatoms. The van der Waals surface area contributed by atoms with E-state index < -0.39 is 4.92 Å². The van der Waals surface area contributed by atoms with Crippen LogP contribution in [0.5, 0.6) is 0 Å². The molecule has 0 aliphatic carbocycles. The molecule has 7 nitrogen and oxygen atoms in total. The van der Waals surface area contributed by atoms with Crippen molar-refractivity contribution >= 4 is 22.9 Å². The van der Waals surface area contributed by atoms with E-state index in [-0.39, 0.29) is 5.69 Å². The number of hydrazone groups is 1. The molecular formula is C20H17N5O2. The molecule has 0 aromatic heterocycles. The number of rotatable bonds is 4. The minimum Gasteiger partial charge on any atom is -0.278 e. The number of hydrazine groups is 1. The Kier molecular flexibility index (Phi) is 4.40. The first-order valence-electron chi connectivity index (χ1n) is 8.46. The number of hydrogen-bond donors (Lipinski definition) is 1. The van der Waals surface area contributed by atoms with Gasteiger partial charge in [-0.15, -0.1) is 0 Å². The summed E-state index contributed by atoms with van der Waals surface area (Å²) in [6.07, 6.45) is 0. The van der Waals surface area contributed by atoms with Gasteiger partial charge in [-0.3, -0.25) is 20.5 Å². The van der Waals surface area contributed by atoms with Gasteiger partial charge in [0, 0.05) is 17.7 Å². The molecule has 3 aromatic rings. The summed E-state index contributed by atoms with van der Waals surface area (Å²) in [4.78, 5) is 10.5. The van der Waals surface area contributed by atoms with Crippen LogP contribution in [-0.4, -0.2) is 17.4 Å². The smallest absolute Gasteiger partial charge is 0.269 e. The maximum Gasteiger partial charge on any atom is 0.269 e. The van der Waals surface area contributed by atoms with Gasteiger partial charge < -0.3 is 0 Å². The Morgan fingerprint density at radius 3 is 2.11 bits per heavy atom. The third-order valence-corrected chi connectivity index (χ3v) is 4.21. The van der Waals surface area contributed by atoms with Crippen LogP contribution in [0.25, 0.3) is 0 Å². The van der Waals surface area contributed by atoms with Crippen molar-refractivity contribution in [1.82, 2.24) is 5.43 Å². The van der Waals surface area contributed by atoms with Crippen LogP contribution in [0.15, 0.2) is 90.0 Å². The lowest BCUT2D eigenvalue weighted by molar-refractivity contribution is -0.384. The number of nitro groups is 1. The van der Waals surface area contributed by atoms with Crippen molar-refractivity contribution in [2.24, 2.45) is 5.10 Å². The number of benzene rings is 3. The number of non-ortho nitro benzene ring substituents is 1. The van der Waals surface area contributed by atoms with Crippen LogP contribution in [-0.2, 0) is 0 Å². The van der Waals surface area contributed by atoms with Crippen molar-refractivity contribution in [3.8, 4) is 0 Å². The van der Waals surface area contributed by atoms with Gasteiger partial charge in [0.2, 0.25) is 0 Å². The second kappa shape index (κ2) is 7.17. The second-order valence-corrected chi connectivity index (χ2v) is 6.00. The largest absolute Gasteiger partial charge is 0.278 e. The molecule has 1 aliphatic rings. The molecule has 0 saturated carbocycles. The van der Waals surface area contributed by atoms with E-state index >= 15 is 0 Å². The first kappa shape index (κ1) is 16.6. The minimum atomic E-state index is -0.402. The standard InChI is InChI=1S/C20H17N5O2/c26-25(27)19-13-11-18(12-14-19)24-15-23(17-9-5-2-6-10-17)21-20(22-24)16-7-3-1-4-8-16/h1-14H,15H2,(H,21,22). The highest BCUT2D eigenvalue weighted by atomic mass is 16.6. The normalized spacial score (nSPS) is 13.7. The number of amidine groups is 1. The minimum absolute atomic E-state index is 0.0626. The van der Waals surface area contributed by atoms with Crippen LogP contribution in [0.2, 0.25) is 0 Å². The lowest BCUT2D eigenvalue weighted by Crippen LogP contribution is -2.53. The number of hydrogen-bond acceptors (Lipinski definition) is 6. The Labute approximate surface area is 156 Å². The van der Waals surface area contributed by atoms with Gasteiger partial charge in [0.05, 0.1) is 16.3 Å². The van der Waals surface area contributed by atoms with E-state index in [0.29, 0.717) is 12.5 Å². The third kappa shape index (κ3) is 3.57. The summed E-state index contributed by atoms with van der Waals surface area (Å²) in [6.45, 7) is 0.457. The van der Waals surface area contributed by atoms with E-state index in [0.717, 1.165) is 16.9 Å². The van der Waals surface area contributed by atoms with Crippen LogP contribution < -0.4 is 15.4 Å². The summed E-state index contributed by atoms with van der Waals surface area (Å²) >= 11 is 0. The Morgan fingerprint density at radius 1 is 0.852 bits per heavy atom. The molecule has 27 heavy (non-hydrogen) atoms. The molecule has 0 spiro atoms. The van der Waals surface area contributed by atoms with Crippen molar-refractivity contribution in [2.75, 3.05) is 16.7 Å². The number of nitrogens with zero attached hydrogens (tertiary/aromatic N) is 4. The van der Waals surface area contributed by atoms with Gasteiger partial charge in [-0.2, -0.15) is 5.10 Å². The Bertz CT molecular complexity index is 959. The fourth-order valence-electron chi connectivity index (χ4n) is 2.83. The van der Waals surface area contributed by atoms with Crippen molar-refractivity contribution in [2.45, 2.75) is 0 Å². The number of nitro benzene ring substituents is 1. The highest BCUT2D eigenvalue weighted by Gasteiger charge is 2.22. The van der Waals surface area contributed by atoms with Gasteiger partial charge in [0.1, 0.15) is 6.67 Å². The number of nitrogens with one attached hydrogen (secondary N) is 1. The Balaban J connectivity index is 1.69. The molecule has 0 saturated heterocycles. The van der Waals surface area contributed by atoms with Gasteiger partial charge in [-0.1, -0.05) is 48.5 Å². The van der Waals surface area contributed by atoms with Gasteiger partial charge in [0.25, 0.3) is 5.69 Å². The monoisotopic (exact) mass is 359 g/mol. The molecule has 0 bridgehead atoms. The summed E-state index contributed by atoms with van der Waals surface area (Å²) in [5.74, 6) is 0.698. The Hall–Kier alpha value is -3.87. The predicted octanol–water partition coefficient (Wildman–Crippen LogP) is 3.75. The molecule has 0 amide bonds. The summed E-state index contributed by atoms with van der Waals surface area (Å²) in [5, 5.41) is 19.4. The molecule has 0 fully saturated rings. The molecule has 0 unspecified atom stereocenters. The first-order chi connectivity index (χ1) is 13.2. The average molecular weight is 359 g/mol. The van der Waals surface area contributed by atoms with Crippen LogP contribution >= 0.6 is 0 Å². The number of anilines is 2. The molecular weight excluding hydrogens is 342 g/mol. The van der Waals surface area contributed by atoms with E-state index in [1.54, 1.807) is 12.1 Å². The maximum absolute atomic E-state index is 10.9. The lowest BCUT2D eigenvalue weighted by atomic mass is 10.2.